The maximum Gasteiger partial charge on any atom is 0.417 e. The first-order valence-electron chi connectivity index (χ1n) is 13.9. The van der Waals surface area contributed by atoms with E-state index in [0.29, 0.717) is 13.0 Å². The van der Waals surface area contributed by atoms with Gasteiger partial charge in [0.15, 0.2) is 11.3 Å². The first kappa shape index (κ1) is 29.6. The van der Waals surface area contributed by atoms with Crippen LogP contribution in [-0.2, 0) is 6.18 Å². The number of ether oxygens (including phenoxy) is 2. The van der Waals surface area contributed by atoms with Gasteiger partial charge in [0.05, 0.1) is 31.7 Å². The number of aromatic nitrogens is 3. The zero-order valence-corrected chi connectivity index (χ0v) is 24.4. The minimum absolute atomic E-state index is 0.00413. The second-order valence-corrected chi connectivity index (χ2v) is 12.7. The van der Waals surface area contributed by atoms with Crippen LogP contribution in [0.15, 0.2) is 18.2 Å². The molecule has 0 spiro atoms. The molecule has 4 atom stereocenters. The van der Waals surface area contributed by atoms with Crippen LogP contribution in [0.25, 0.3) is 32.2 Å². The van der Waals surface area contributed by atoms with Crippen molar-refractivity contribution in [1.29, 1.82) is 0 Å². The zero-order chi connectivity index (χ0) is 31.0. The van der Waals surface area contributed by atoms with Crippen molar-refractivity contribution in [3.05, 3.63) is 34.6 Å². The fourth-order valence-corrected chi connectivity index (χ4v) is 7.66. The molecule has 2 aromatic heterocycles. The number of halogens is 7. The number of fused-ring (bicyclic) bond motifs is 3. The van der Waals surface area contributed by atoms with E-state index in [-0.39, 0.29) is 76.4 Å². The van der Waals surface area contributed by atoms with Crippen LogP contribution in [0.4, 0.5) is 31.5 Å². The molecule has 0 amide bonds. The molecule has 44 heavy (non-hydrogen) atoms. The number of benzene rings is 2. The van der Waals surface area contributed by atoms with E-state index in [1.807, 2.05) is 4.90 Å². The highest BCUT2D eigenvalue weighted by molar-refractivity contribution is 7.22. The van der Waals surface area contributed by atoms with Crippen LogP contribution in [0.2, 0.25) is 5.02 Å². The Kier molecular flexibility index (Phi) is 7.22. The summed E-state index contributed by atoms with van der Waals surface area (Å²) in [5, 5.41) is 2.12. The third kappa shape index (κ3) is 4.97. The van der Waals surface area contributed by atoms with Crippen molar-refractivity contribution in [1.82, 2.24) is 25.2 Å². The van der Waals surface area contributed by atoms with Gasteiger partial charge in [0.1, 0.15) is 30.2 Å². The second kappa shape index (κ2) is 10.7. The number of nitrogens with zero attached hydrogens (tertiary/aromatic N) is 4. The Balaban J connectivity index is 1.41. The first-order chi connectivity index (χ1) is 20.9. The average Bonchev–Trinajstić information content (AvgIpc) is 3.72. The topological polar surface area (TPSA) is 98.4 Å². The smallest absolute Gasteiger partial charge is 0.417 e. The van der Waals surface area contributed by atoms with Gasteiger partial charge in [-0.25, -0.2) is 18.2 Å². The molecule has 234 valence electrons. The van der Waals surface area contributed by atoms with E-state index >= 15 is 0 Å². The van der Waals surface area contributed by atoms with Gasteiger partial charge in [0.25, 0.3) is 0 Å². The van der Waals surface area contributed by atoms with Crippen molar-refractivity contribution in [2.45, 2.75) is 49.4 Å². The SMILES string of the molecule is Nc1nc2c(-c3c(C(F)(F)F)cc4c(OC5CNCC5F)nc(OCC56CCCN5CC(F)C6)nc4c3Cl)ccc(F)c2s1. The minimum atomic E-state index is -4.95. The quantitative estimate of drug-likeness (QED) is 0.246. The van der Waals surface area contributed by atoms with E-state index in [2.05, 4.69) is 20.3 Å². The van der Waals surface area contributed by atoms with Crippen molar-refractivity contribution in [3.63, 3.8) is 0 Å². The lowest BCUT2D eigenvalue weighted by molar-refractivity contribution is -0.137. The maximum absolute atomic E-state index is 14.7. The maximum atomic E-state index is 14.7. The van der Waals surface area contributed by atoms with Gasteiger partial charge in [0.2, 0.25) is 5.88 Å². The Morgan fingerprint density at radius 2 is 1.98 bits per heavy atom. The molecule has 0 aliphatic carbocycles. The molecule has 16 heteroatoms. The molecule has 8 nitrogen and oxygen atoms in total. The molecule has 7 rings (SSSR count). The molecule has 5 heterocycles. The van der Waals surface area contributed by atoms with E-state index in [1.54, 1.807) is 0 Å². The summed E-state index contributed by atoms with van der Waals surface area (Å²) < 4.78 is 99.3. The highest BCUT2D eigenvalue weighted by Gasteiger charge is 2.49. The molecule has 3 aliphatic rings. The summed E-state index contributed by atoms with van der Waals surface area (Å²) in [6.07, 6.45) is -6.65. The summed E-state index contributed by atoms with van der Waals surface area (Å²) >= 11 is 7.55. The highest BCUT2D eigenvalue weighted by Crippen LogP contribution is 2.48. The fraction of sp³-hybridized carbons (Fsp3) is 0.464. The van der Waals surface area contributed by atoms with Gasteiger partial charge in [-0.2, -0.15) is 23.1 Å². The fourth-order valence-electron chi connectivity index (χ4n) is 6.54. The molecule has 4 aromatic rings. The monoisotopic (exact) mass is 658 g/mol. The molecule has 0 radical (unpaired) electrons. The Hall–Kier alpha value is -3.14. The summed E-state index contributed by atoms with van der Waals surface area (Å²) in [6, 6.07) is 2.67. The summed E-state index contributed by atoms with van der Waals surface area (Å²) in [5.41, 5.74) is 3.17. The van der Waals surface area contributed by atoms with Crippen LogP contribution in [0.5, 0.6) is 11.9 Å². The van der Waals surface area contributed by atoms with Crippen molar-refractivity contribution in [2.75, 3.05) is 38.5 Å². The Labute approximate surface area is 255 Å². The van der Waals surface area contributed by atoms with Crippen molar-refractivity contribution < 1.29 is 35.8 Å². The largest absolute Gasteiger partial charge is 0.469 e. The molecule has 3 N–H and O–H groups in total. The average molecular weight is 659 g/mol. The molecular weight excluding hydrogens is 634 g/mol. The third-order valence-electron chi connectivity index (χ3n) is 8.54. The number of hydrogen-bond acceptors (Lipinski definition) is 9. The third-order valence-corrected chi connectivity index (χ3v) is 9.81. The van der Waals surface area contributed by atoms with E-state index < -0.39 is 52.1 Å². The lowest BCUT2D eigenvalue weighted by Gasteiger charge is -2.30. The van der Waals surface area contributed by atoms with Crippen molar-refractivity contribution >= 4 is 49.2 Å². The van der Waals surface area contributed by atoms with Gasteiger partial charge < -0.3 is 20.5 Å². The molecule has 3 saturated heterocycles. The molecule has 0 saturated carbocycles. The van der Waals surface area contributed by atoms with E-state index in [0.717, 1.165) is 36.0 Å². The van der Waals surface area contributed by atoms with Crippen LogP contribution in [0.1, 0.15) is 24.8 Å². The summed E-state index contributed by atoms with van der Waals surface area (Å²) in [7, 11) is 0. The van der Waals surface area contributed by atoms with Gasteiger partial charge in [0, 0.05) is 37.2 Å². The molecule has 4 unspecified atom stereocenters. The number of rotatable bonds is 6. The van der Waals surface area contributed by atoms with E-state index in [9.17, 15) is 26.3 Å². The Morgan fingerprint density at radius 3 is 2.73 bits per heavy atom. The van der Waals surface area contributed by atoms with E-state index in [4.69, 9.17) is 26.8 Å². The predicted octanol–water partition coefficient (Wildman–Crippen LogP) is 5.94. The molecule has 2 aromatic carbocycles. The highest BCUT2D eigenvalue weighted by atomic mass is 35.5. The normalized spacial score (nSPS) is 25.8. The van der Waals surface area contributed by atoms with Crippen molar-refractivity contribution in [2.24, 2.45) is 0 Å². The molecule has 0 bridgehead atoms. The number of anilines is 1. The number of alkyl halides is 5. The molecule has 3 aliphatic heterocycles. The number of nitrogens with two attached hydrogens (primary N) is 1. The van der Waals surface area contributed by atoms with Gasteiger partial charge in [-0.15, -0.1) is 0 Å². The molecular formula is C28H25ClF6N6O2S. The van der Waals surface area contributed by atoms with Gasteiger partial charge >= 0.3 is 12.2 Å². The second-order valence-electron chi connectivity index (χ2n) is 11.3. The number of hydrogen-bond donors (Lipinski definition) is 2. The standard InChI is InChI=1S/C28H25ClF6N6O2S/c29-20-19(13-2-3-16(31)23-22(13)38-25(36)44-23)15(28(33,34)35)6-14-21(20)39-26(40-24(14)43-18-9-37-8-17(18)32)42-11-27-4-1-5-41(27)10-12(30)7-27/h2-3,6,12,17-18,37H,1,4-5,7-11H2,(H2,36,38). The van der Waals surface area contributed by atoms with Crippen LogP contribution in [0, 0.1) is 5.82 Å². The van der Waals surface area contributed by atoms with Gasteiger partial charge in [-0.05, 0) is 37.6 Å². The minimum Gasteiger partial charge on any atom is -0.469 e. The number of nitrogens with one attached hydrogen (secondary N) is 1. The number of thiazole rings is 1. The molecule has 3 fully saturated rings. The first-order valence-corrected chi connectivity index (χ1v) is 15.1. The Bertz CT molecular complexity index is 1770. The van der Waals surface area contributed by atoms with Gasteiger partial charge in [-0.3, -0.25) is 4.90 Å². The van der Waals surface area contributed by atoms with Crippen molar-refractivity contribution in [3.8, 4) is 23.0 Å². The summed E-state index contributed by atoms with van der Waals surface area (Å²) in [4.78, 5) is 14.7. The Morgan fingerprint density at radius 1 is 1.16 bits per heavy atom. The van der Waals surface area contributed by atoms with Crippen LogP contribution in [0.3, 0.4) is 0 Å². The van der Waals surface area contributed by atoms with Crippen LogP contribution < -0.4 is 20.5 Å². The summed E-state index contributed by atoms with van der Waals surface area (Å²) in [6.45, 7) is 1.11. The lowest BCUT2D eigenvalue weighted by atomic mass is 9.95. The van der Waals surface area contributed by atoms with Crippen LogP contribution >= 0.6 is 22.9 Å². The number of nitrogen functional groups attached to an aromatic ring is 1. The predicted molar refractivity (Wildman–Crippen MR) is 153 cm³/mol. The zero-order valence-electron chi connectivity index (χ0n) is 22.9. The lowest BCUT2D eigenvalue weighted by Crippen LogP contribution is -2.43. The summed E-state index contributed by atoms with van der Waals surface area (Å²) in [5.74, 6) is -1.05. The van der Waals surface area contributed by atoms with E-state index in [1.165, 1.54) is 0 Å². The van der Waals surface area contributed by atoms with Crippen LogP contribution in [-0.4, -0.2) is 76.6 Å². The van der Waals surface area contributed by atoms with Gasteiger partial charge in [-0.1, -0.05) is 22.9 Å².